The molecule has 0 aliphatic rings. The van der Waals surface area contributed by atoms with Crippen molar-refractivity contribution in [3.05, 3.63) is 23.2 Å². The SMILES string of the molecule is COCCN(CCC#N)c1cc(Cl)ccc1N. The van der Waals surface area contributed by atoms with E-state index in [-0.39, 0.29) is 0 Å². The lowest BCUT2D eigenvalue weighted by atomic mass is 10.2. The van der Waals surface area contributed by atoms with E-state index in [4.69, 9.17) is 27.3 Å². The fourth-order valence-electron chi connectivity index (χ4n) is 1.53. The molecule has 1 rings (SSSR count). The predicted molar refractivity (Wildman–Crippen MR) is 70.2 cm³/mol. The maximum atomic E-state index is 8.65. The largest absolute Gasteiger partial charge is 0.397 e. The Kier molecular flexibility index (Phi) is 5.61. The fourth-order valence-corrected chi connectivity index (χ4v) is 1.70. The van der Waals surface area contributed by atoms with E-state index in [1.54, 1.807) is 19.2 Å². The van der Waals surface area contributed by atoms with Crippen LogP contribution in [0.15, 0.2) is 18.2 Å². The average molecular weight is 254 g/mol. The van der Waals surface area contributed by atoms with Crippen LogP contribution in [0.2, 0.25) is 5.02 Å². The Labute approximate surface area is 107 Å². The summed E-state index contributed by atoms with van der Waals surface area (Å²) in [5.41, 5.74) is 7.42. The van der Waals surface area contributed by atoms with Crippen LogP contribution in [0.4, 0.5) is 11.4 Å². The van der Waals surface area contributed by atoms with Gasteiger partial charge in [0.05, 0.1) is 30.5 Å². The van der Waals surface area contributed by atoms with E-state index in [0.717, 1.165) is 5.69 Å². The molecule has 92 valence electrons. The van der Waals surface area contributed by atoms with Gasteiger partial charge in [-0.2, -0.15) is 5.26 Å². The van der Waals surface area contributed by atoms with Gasteiger partial charge >= 0.3 is 0 Å². The van der Waals surface area contributed by atoms with Crippen molar-refractivity contribution >= 4 is 23.0 Å². The number of ether oxygens (including phenoxy) is 1. The molecule has 0 spiro atoms. The molecule has 2 N–H and O–H groups in total. The molecule has 0 aliphatic carbocycles. The summed E-state index contributed by atoms with van der Waals surface area (Å²) in [4.78, 5) is 2.01. The first-order chi connectivity index (χ1) is 8.19. The molecule has 0 bridgehead atoms. The number of nitriles is 1. The number of nitrogen functional groups attached to an aromatic ring is 1. The summed E-state index contributed by atoms with van der Waals surface area (Å²) in [6.07, 6.45) is 0.440. The molecule has 0 atom stereocenters. The number of halogens is 1. The van der Waals surface area contributed by atoms with Gasteiger partial charge in [0, 0.05) is 25.2 Å². The average Bonchev–Trinajstić information content (AvgIpc) is 2.33. The van der Waals surface area contributed by atoms with Gasteiger partial charge in [-0.25, -0.2) is 0 Å². The first-order valence-corrected chi connectivity index (χ1v) is 5.72. The summed E-state index contributed by atoms with van der Waals surface area (Å²) < 4.78 is 5.05. The molecule has 0 fully saturated rings. The summed E-state index contributed by atoms with van der Waals surface area (Å²) in [6.45, 7) is 1.88. The Morgan fingerprint density at radius 2 is 2.24 bits per heavy atom. The van der Waals surface area contributed by atoms with Crippen LogP contribution in [0.1, 0.15) is 6.42 Å². The zero-order valence-electron chi connectivity index (χ0n) is 9.82. The van der Waals surface area contributed by atoms with E-state index in [2.05, 4.69) is 6.07 Å². The van der Waals surface area contributed by atoms with E-state index in [9.17, 15) is 0 Å². The predicted octanol–water partition coefficient (Wildman–Crippen LogP) is 2.29. The number of hydrogen-bond acceptors (Lipinski definition) is 4. The number of rotatable bonds is 6. The van der Waals surface area contributed by atoms with Gasteiger partial charge < -0.3 is 15.4 Å². The molecule has 0 aliphatic heterocycles. The van der Waals surface area contributed by atoms with Gasteiger partial charge in [-0.1, -0.05) is 11.6 Å². The second kappa shape index (κ2) is 7.00. The molecule has 0 amide bonds. The molecule has 1 aromatic carbocycles. The Hall–Kier alpha value is -1.44. The molecule has 0 radical (unpaired) electrons. The topological polar surface area (TPSA) is 62.3 Å². The highest BCUT2D eigenvalue weighted by molar-refractivity contribution is 6.31. The normalized spacial score (nSPS) is 9.94. The van der Waals surface area contributed by atoms with Gasteiger partial charge in [0.15, 0.2) is 0 Å². The highest BCUT2D eigenvalue weighted by atomic mass is 35.5. The third-order valence-electron chi connectivity index (χ3n) is 2.39. The van der Waals surface area contributed by atoms with Crippen molar-refractivity contribution < 1.29 is 4.74 Å². The number of benzene rings is 1. The van der Waals surface area contributed by atoms with Crippen LogP contribution in [-0.4, -0.2) is 26.8 Å². The van der Waals surface area contributed by atoms with Crippen molar-refractivity contribution in [2.75, 3.05) is 37.4 Å². The molecule has 1 aromatic rings. The third-order valence-corrected chi connectivity index (χ3v) is 2.63. The third kappa shape index (κ3) is 4.14. The lowest BCUT2D eigenvalue weighted by molar-refractivity contribution is 0.205. The maximum Gasteiger partial charge on any atom is 0.0640 e. The Bertz CT molecular complexity index is 403. The first kappa shape index (κ1) is 13.6. The van der Waals surface area contributed by atoms with Crippen molar-refractivity contribution in [3.8, 4) is 6.07 Å². The highest BCUT2D eigenvalue weighted by Gasteiger charge is 2.10. The van der Waals surface area contributed by atoms with E-state index >= 15 is 0 Å². The van der Waals surface area contributed by atoms with E-state index < -0.39 is 0 Å². The van der Waals surface area contributed by atoms with Crippen molar-refractivity contribution in [3.63, 3.8) is 0 Å². The second-order valence-corrected chi connectivity index (χ2v) is 4.03. The van der Waals surface area contributed by atoms with Gasteiger partial charge in [0.1, 0.15) is 0 Å². The quantitative estimate of drug-likeness (QED) is 0.790. The molecule has 0 aromatic heterocycles. The highest BCUT2D eigenvalue weighted by Crippen LogP contribution is 2.26. The van der Waals surface area contributed by atoms with E-state index in [1.807, 2.05) is 11.0 Å². The van der Waals surface area contributed by atoms with Gasteiger partial charge in [-0.15, -0.1) is 0 Å². The van der Waals surface area contributed by atoms with Crippen LogP contribution in [0.25, 0.3) is 0 Å². The van der Waals surface area contributed by atoms with Gasteiger partial charge in [-0.05, 0) is 18.2 Å². The monoisotopic (exact) mass is 253 g/mol. The van der Waals surface area contributed by atoms with Crippen LogP contribution in [0.3, 0.4) is 0 Å². The first-order valence-electron chi connectivity index (χ1n) is 5.35. The van der Waals surface area contributed by atoms with Crippen LogP contribution in [0, 0.1) is 11.3 Å². The zero-order valence-corrected chi connectivity index (χ0v) is 10.6. The van der Waals surface area contributed by atoms with Gasteiger partial charge in [-0.3, -0.25) is 0 Å². The number of nitrogens with two attached hydrogens (primary N) is 1. The van der Waals surface area contributed by atoms with Crippen LogP contribution in [-0.2, 0) is 4.74 Å². The van der Waals surface area contributed by atoms with Crippen LogP contribution >= 0.6 is 11.6 Å². The molecular formula is C12H16ClN3O. The molecule has 17 heavy (non-hydrogen) atoms. The molecule has 0 saturated carbocycles. The fraction of sp³-hybridized carbons (Fsp3) is 0.417. The molecule has 0 heterocycles. The number of anilines is 2. The number of hydrogen-bond donors (Lipinski definition) is 1. The van der Waals surface area contributed by atoms with Crippen molar-refractivity contribution in [1.82, 2.24) is 0 Å². The summed E-state index contributed by atoms with van der Waals surface area (Å²) in [5.74, 6) is 0. The number of methoxy groups -OCH3 is 1. The molecule has 0 unspecified atom stereocenters. The van der Waals surface area contributed by atoms with Crippen LogP contribution < -0.4 is 10.6 Å². The van der Waals surface area contributed by atoms with Crippen molar-refractivity contribution in [2.45, 2.75) is 6.42 Å². The van der Waals surface area contributed by atoms with E-state index in [0.29, 0.717) is 36.8 Å². The zero-order chi connectivity index (χ0) is 12.7. The summed E-state index contributed by atoms with van der Waals surface area (Å²) in [7, 11) is 1.64. The minimum atomic E-state index is 0.440. The smallest absolute Gasteiger partial charge is 0.0640 e. The maximum absolute atomic E-state index is 8.65. The Morgan fingerprint density at radius 3 is 2.88 bits per heavy atom. The van der Waals surface area contributed by atoms with Gasteiger partial charge in [0.2, 0.25) is 0 Å². The lowest BCUT2D eigenvalue weighted by Crippen LogP contribution is -2.28. The Morgan fingerprint density at radius 1 is 1.47 bits per heavy atom. The van der Waals surface area contributed by atoms with Crippen molar-refractivity contribution in [1.29, 1.82) is 5.26 Å². The summed E-state index contributed by atoms with van der Waals surface area (Å²) in [6, 6.07) is 7.45. The van der Waals surface area contributed by atoms with E-state index in [1.165, 1.54) is 0 Å². The summed E-state index contributed by atoms with van der Waals surface area (Å²) >= 11 is 5.95. The van der Waals surface area contributed by atoms with Crippen LogP contribution in [0.5, 0.6) is 0 Å². The van der Waals surface area contributed by atoms with Gasteiger partial charge in [0.25, 0.3) is 0 Å². The molecule has 5 heteroatoms. The second-order valence-electron chi connectivity index (χ2n) is 3.59. The minimum absolute atomic E-state index is 0.440. The Balaban J connectivity index is 2.86. The lowest BCUT2D eigenvalue weighted by Gasteiger charge is -2.25. The molecule has 4 nitrogen and oxygen atoms in total. The minimum Gasteiger partial charge on any atom is -0.397 e. The molecular weight excluding hydrogens is 238 g/mol. The summed E-state index contributed by atoms with van der Waals surface area (Å²) in [5, 5.41) is 9.28. The van der Waals surface area contributed by atoms with Crippen molar-refractivity contribution in [2.24, 2.45) is 0 Å². The number of nitrogens with zero attached hydrogens (tertiary/aromatic N) is 2. The molecule has 0 saturated heterocycles. The standard InChI is InChI=1S/C12H16ClN3O/c1-17-8-7-16(6-2-5-14)12-9-10(13)3-4-11(12)15/h3-4,9H,2,6-8,15H2,1H3.